The van der Waals surface area contributed by atoms with Crippen LogP contribution in [-0.4, -0.2) is 43.9 Å². The van der Waals surface area contributed by atoms with Gasteiger partial charge in [0.15, 0.2) is 0 Å². The van der Waals surface area contributed by atoms with Crippen molar-refractivity contribution in [2.45, 2.75) is 25.3 Å². The number of amides is 1. The zero-order chi connectivity index (χ0) is 18.6. The minimum Gasteiger partial charge on any atom is -0.384 e. The third-order valence-corrected chi connectivity index (χ3v) is 4.94. The van der Waals surface area contributed by atoms with Gasteiger partial charge in [-0.25, -0.2) is 9.67 Å². The van der Waals surface area contributed by atoms with Crippen molar-refractivity contribution >= 4 is 11.7 Å². The van der Waals surface area contributed by atoms with Gasteiger partial charge in [0.05, 0.1) is 17.3 Å². The summed E-state index contributed by atoms with van der Waals surface area (Å²) in [5.41, 5.74) is 8.35. The maximum atomic E-state index is 12.6. The Morgan fingerprint density at radius 2 is 1.89 bits per heavy atom. The van der Waals surface area contributed by atoms with Crippen LogP contribution < -0.4 is 5.73 Å². The van der Waals surface area contributed by atoms with E-state index in [1.165, 1.54) is 11.8 Å². The smallest absolute Gasteiger partial charge is 0.255 e. The van der Waals surface area contributed by atoms with Crippen molar-refractivity contribution in [2.24, 2.45) is 0 Å². The molecule has 7 heteroatoms. The number of anilines is 1. The third-order valence-electron chi connectivity index (χ3n) is 4.94. The predicted octanol–water partition coefficient (Wildman–Crippen LogP) is 2.32. The molecule has 2 aromatic heterocycles. The summed E-state index contributed by atoms with van der Waals surface area (Å²) in [5.74, 6) is 0.423. The first kappa shape index (κ1) is 17.2. The number of rotatable bonds is 4. The fourth-order valence-electron chi connectivity index (χ4n) is 3.43. The second-order valence-electron chi connectivity index (χ2n) is 6.85. The molecule has 0 radical (unpaired) electrons. The van der Waals surface area contributed by atoms with Gasteiger partial charge in [0.2, 0.25) is 0 Å². The van der Waals surface area contributed by atoms with Gasteiger partial charge < -0.3 is 10.6 Å². The molecule has 1 aliphatic heterocycles. The Bertz CT molecular complexity index is 898. The van der Waals surface area contributed by atoms with E-state index < -0.39 is 0 Å². The maximum absolute atomic E-state index is 12.6. The Kier molecular flexibility index (Phi) is 4.82. The fraction of sp³-hybridized carbons (Fsp3) is 0.300. The molecule has 1 saturated heterocycles. The molecule has 138 valence electrons. The summed E-state index contributed by atoms with van der Waals surface area (Å²) in [6.07, 6.45) is 6.07. The van der Waals surface area contributed by atoms with E-state index in [9.17, 15) is 4.79 Å². The lowest BCUT2D eigenvalue weighted by atomic mass is 10.0. The average Bonchev–Trinajstić information content (AvgIpc) is 3.17. The monoisotopic (exact) mass is 362 g/mol. The lowest BCUT2D eigenvalue weighted by molar-refractivity contribution is 0.0689. The van der Waals surface area contributed by atoms with Crippen LogP contribution in [-0.2, 0) is 6.42 Å². The van der Waals surface area contributed by atoms with Crippen LogP contribution in [0.3, 0.4) is 0 Å². The molecular weight excluding hydrogens is 340 g/mol. The fourth-order valence-corrected chi connectivity index (χ4v) is 3.43. The summed E-state index contributed by atoms with van der Waals surface area (Å²) in [5, 5.41) is 8.62. The Labute approximate surface area is 157 Å². The van der Waals surface area contributed by atoms with Gasteiger partial charge in [-0.3, -0.25) is 4.79 Å². The van der Waals surface area contributed by atoms with Crippen LogP contribution in [0, 0.1) is 0 Å². The van der Waals surface area contributed by atoms with Crippen LogP contribution in [0.4, 0.5) is 5.82 Å². The van der Waals surface area contributed by atoms with Crippen molar-refractivity contribution in [2.75, 3.05) is 18.8 Å². The number of pyridine rings is 1. The van der Waals surface area contributed by atoms with E-state index in [2.05, 4.69) is 27.4 Å². The highest BCUT2D eigenvalue weighted by Gasteiger charge is 2.25. The molecular formula is C20H22N6O. The summed E-state index contributed by atoms with van der Waals surface area (Å²) < 4.78 is 1.95. The van der Waals surface area contributed by atoms with Crippen molar-refractivity contribution in [3.05, 3.63) is 71.7 Å². The largest absolute Gasteiger partial charge is 0.384 e. The van der Waals surface area contributed by atoms with E-state index in [0.717, 1.165) is 25.0 Å². The van der Waals surface area contributed by atoms with Crippen molar-refractivity contribution < 1.29 is 4.79 Å². The van der Waals surface area contributed by atoms with E-state index in [1.807, 2.05) is 34.0 Å². The SMILES string of the molecule is Nc1ccc(C(=O)N2CCC(n3cc(Cc4ccccc4)nn3)CC2)cn1. The number of aromatic nitrogens is 4. The van der Waals surface area contributed by atoms with Crippen molar-refractivity contribution in [1.29, 1.82) is 0 Å². The molecule has 0 saturated carbocycles. The molecule has 0 spiro atoms. The van der Waals surface area contributed by atoms with Gasteiger partial charge in [-0.2, -0.15) is 0 Å². The first-order valence-corrected chi connectivity index (χ1v) is 9.14. The molecule has 1 aliphatic rings. The molecule has 0 unspecified atom stereocenters. The number of carbonyl (C=O) groups excluding carboxylic acids is 1. The Morgan fingerprint density at radius 1 is 1.11 bits per heavy atom. The summed E-state index contributed by atoms with van der Waals surface area (Å²) in [6.45, 7) is 1.39. The van der Waals surface area contributed by atoms with Crippen molar-refractivity contribution in [3.8, 4) is 0 Å². The maximum Gasteiger partial charge on any atom is 0.255 e. The van der Waals surface area contributed by atoms with E-state index >= 15 is 0 Å². The highest BCUT2D eigenvalue weighted by Crippen LogP contribution is 2.23. The van der Waals surface area contributed by atoms with Gasteiger partial charge >= 0.3 is 0 Å². The molecule has 7 nitrogen and oxygen atoms in total. The average molecular weight is 362 g/mol. The van der Waals surface area contributed by atoms with Crippen LogP contribution in [0.15, 0.2) is 54.9 Å². The number of nitrogen functional groups attached to an aromatic ring is 1. The van der Waals surface area contributed by atoms with Gasteiger partial charge in [-0.15, -0.1) is 5.10 Å². The third kappa shape index (κ3) is 3.97. The highest BCUT2D eigenvalue weighted by molar-refractivity contribution is 5.94. The van der Waals surface area contributed by atoms with E-state index in [0.29, 0.717) is 24.5 Å². The molecule has 1 aromatic carbocycles. The molecule has 0 bridgehead atoms. The predicted molar refractivity (Wildman–Crippen MR) is 102 cm³/mol. The number of piperidine rings is 1. The second kappa shape index (κ2) is 7.57. The van der Waals surface area contributed by atoms with Crippen LogP contribution in [0.25, 0.3) is 0 Å². The van der Waals surface area contributed by atoms with Gasteiger partial charge in [-0.1, -0.05) is 35.5 Å². The normalized spacial score (nSPS) is 15.0. The summed E-state index contributed by atoms with van der Waals surface area (Å²) >= 11 is 0. The minimum atomic E-state index is 0.00399. The molecule has 1 amide bonds. The molecule has 4 rings (SSSR count). The van der Waals surface area contributed by atoms with Gasteiger partial charge in [0, 0.05) is 31.9 Å². The number of nitrogens with zero attached hydrogens (tertiary/aromatic N) is 5. The summed E-state index contributed by atoms with van der Waals surface area (Å²) in [6, 6.07) is 13.9. The Balaban J connectivity index is 1.35. The lowest BCUT2D eigenvalue weighted by Gasteiger charge is -2.31. The van der Waals surface area contributed by atoms with Crippen LogP contribution in [0.1, 0.15) is 40.5 Å². The first-order chi connectivity index (χ1) is 13.2. The molecule has 3 aromatic rings. The van der Waals surface area contributed by atoms with Gasteiger partial charge in [0.25, 0.3) is 5.91 Å². The van der Waals surface area contributed by atoms with Crippen molar-refractivity contribution in [1.82, 2.24) is 24.9 Å². The van der Waals surface area contributed by atoms with Gasteiger partial charge in [-0.05, 0) is 30.5 Å². The number of nitrogens with two attached hydrogens (primary N) is 1. The Morgan fingerprint density at radius 3 is 2.59 bits per heavy atom. The minimum absolute atomic E-state index is 0.00399. The zero-order valence-corrected chi connectivity index (χ0v) is 15.0. The molecule has 0 aliphatic carbocycles. The van der Waals surface area contributed by atoms with E-state index in [1.54, 1.807) is 12.1 Å². The number of benzene rings is 1. The zero-order valence-electron chi connectivity index (χ0n) is 15.0. The molecule has 0 atom stereocenters. The number of carbonyl (C=O) groups is 1. The van der Waals surface area contributed by atoms with Crippen molar-refractivity contribution in [3.63, 3.8) is 0 Å². The summed E-state index contributed by atoms with van der Waals surface area (Å²) in [7, 11) is 0. The molecule has 27 heavy (non-hydrogen) atoms. The second-order valence-corrected chi connectivity index (χ2v) is 6.85. The van der Waals surface area contributed by atoms with E-state index in [-0.39, 0.29) is 11.9 Å². The molecule has 1 fully saturated rings. The highest BCUT2D eigenvalue weighted by atomic mass is 16.2. The number of likely N-dealkylation sites (tertiary alicyclic amines) is 1. The molecule has 2 N–H and O–H groups in total. The number of hydrogen-bond donors (Lipinski definition) is 1. The van der Waals surface area contributed by atoms with Crippen LogP contribution in [0.5, 0.6) is 0 Å². The van der Waals surface area contributed by atoms with E-state index in [4.69, 9.17) is 5.73 Å². The van der Waals surface area contributed by atoms with Gasteiger partial charge in [0.1, 0.15) is 5.82 Å². The summed E-state index contributed by atoms with van der Waals surface area (Å²) in [4.78, 5) is 18.4. The standard InChI is InChI=1S/C20H22N6O/c21-19-7-6-16(13-22-19)20(27)25-10-8-18(9-11-25)26-14-17(23-24-26)12-15-4-2-1-3-5-15/h1-7,13-14,18H,8-12H2,(H2,21,22). The van der Waals surface area contributed by atoms with Crippen LogP contribution in [0.2, 0.25) is 0 Å². The van der Waals surface area contributed by atoms with Crippen LogP contribution >= 0.6 is 0 Å². The topological polar surface area (TPSA) is 89.9 Å². The first-order valence-electron chi connectivity index (χ1n) is 9.14. The Hall–Kier alpha value is -3.22. The molecule has 3 heterocycles. The lowest BCUT2D eigenvalue weighted by Crippen LogP contribution is -2.39. The number of hydrogen-bond acceptors (Lipinski definition) is 5. The quantitative estimate of drug-likeness (QED) is 0.769.